The highest BCUT2D eigenvalue weighted by Crippen LogP contribution is 2.16. The monoisotopic (exact) mass is 229 g/mol. The van der Waals surface area contributed by atoms with Crippen molar-refractivity contribution in [1.29, 1.82) is 0 Å². The summed E-state index contributed by atoms with van der Waals surface area (Å²) in [5, 5.41) is 6.51. The van der Waals surface area contributed by atoms with Crippen LogP contribution in [0.25, 0.3) is 0 Å². The maximum absolute atomic E-state index is 5.52. The molecule has 1 heterocycles. The second-order valence-corrected chi connectivity index (χ2v) is 4.45. The number of nitrogens with two attached hydrogens (primary N) is 1. The number of nitrogens with one attached hydrogen (secondary N) is 1. The quantitative estimate of drug-likeness (QED) is 0.726. The largest absolute Gasteiger partial charge is 0.379 e. The molecule has 0 bridgehead atoms. The van der Waals surface area contributed by atoms with Gasteiger partial charge in [0.25, 0.3) is 0 Å². The molecule has 0 radical (unpaired) electrons. The molecule has 0 aliphatic rings. The molecule has 2 atom stereocenters. The summed E-state index contributed by atoms with van der Waals surface area (Å²) in [6.07, 6.45) is 1.95. The molecule has 0 aliphatic heterocycles. The third-order valence-electron chi connectivity index (χ3n) is 2.29. The Labute approximate surface area is 94.8 Å². The lowest BCUT2D eigenvalue weighted by Gasteiger charge is -2.15. The summed E-state index contributed by atoms with van der Waals surface area (Å²) >= 11 is 1.69. The number of hydrogen-bond acceptors (Lipinski definition) is 5. The molecular weight excluding hydrogens is 210 g/mol. The lowest BCUT2D eigenvalue weighted by atomic mass is 10.2. The van der Waals surface area contributed by atoms with Crippen molar-refractivity contribution in [2.24, 2.45) is 5.73 Å². The number of ether oxygens (including phenoxy) is 1. The zero-order valence-electron chi connectivity index (χ0n) is 9.27. The van der Waals surface area contributed by atoms with E-state index in [1.807, 2.05) is 11.6 Å². The fourth-order valence-corrected chi connectivity index (χ4v) is 1.99. The lowest BCUT2D eigenvalue weighted by molar-refractivity contribution is 0.108. The van der Waals surface area contributed by atoms with Crippen LogP contribution in [0.15, 0.2) is 11.6 Å². The van der Waals surface area contributed by atoms with E-state index in [0.29, 0.717) is 12.5 Å². The van der Waals surface area contributed by atoms with Gasteiger partial charge in [-0.1, -0.05) is 6.92 Å². The molecule has 0 spiro atoms. The second kappa shape index (κ2) is 6.90. The smallest absolute Gasteiger partial charge is 0.0965 e. The van der Waals surface area contributed by atoms with E-state index < -0.39 is 0 Å². The standard InChI is InChI=1S/C10H19N3OS/c1-8(10-13-3-4-15-10)6-12-7-9(5-11)14-2/h3-4,8-9,12H,5-7,11H2,1-2H3. The van der Waals surface area contributed by atoms with Gasteiger partial charge < -0.3 is 15.8 Å². The molecule has 15 heavy (non-hydrogen) atoms. The summed E-state index contributed by atoms with van der Waals surface area (Å²) in [6.45, 7) is 4.42. The minimum Gasteiger partial charge on any atom is -0.379 e. The van der Waals surface area contributed by atoms with Gasteiger partial charge in [0, 0.05) is 44.2 Å². The molecule has 86 valence electrons. The Hall–Kier alpha value is -0.490. The maximum atomic E-state index is 5.52. The first-order valence-corrected chi connectivity index (χ1v) is 5.98. The van der Waals surface area contributed by atoms with E-state index in [1.165, 1.54) is 5.01 Å². The van der Waals surface area contributed by atoms with E-state index in [1.54, 1.807) is 18.4 Å². The van der Waals surface area contributed by atoms with Crippen LogP contribution in [0.1, 0.15) is 17.8 Å². The minimum atomic E-state index is 0.105. The zero-order chi connectivity index (χ0) is 11.1. The van der Waals surface area contributed by atoms with Gasteiger partial charge in [-0.25, -0.2) is 4.98 Å². The van der Waals surface area contributed by atoms with Crippen LogP contribution in [0, 0.1) is 0 Å². The Morgan fingerprint density at radius 3 is 2.93 bits per heavy atom. The maximum Gasteiger partial charge on any atom is 0.0965 e. The van der Waals surface area contributed by atoms with E-state index in [0.717, 1.165) is 13.1 Å². The highest BCUT2D eigenvalue weighted by Gasteiger charge is 2.09. The van der Waals surface area contributed by atoms with E-state index in [-0.39, 0.29) is 6.10 Å². The first-order valence-electron chi connectivity index (χ1n) is 5.11. The van der Waals surface area contributed by atoms with E-state index in [9.17, 15) is 0 Å². The Kier molecular flexibility index (Phi) is 5.78. The summed E-state index contributed by atoms with van der Waals surface area (Å²) < 4.78 is 5.17. The normalized spacial score (nSPS) is 15.1. The van der Waals surface area contributed by atoms with Crippen molar-refractivity contribution in [2.45, 2.75) is 18.9 Å². The number of hydrogen-bond donors (Lipinski definition) is 2. The fourth-order valence-electron chi connectivity index (χ4n) is 1.29. The fraction of sp³-hybridized carbons (Fsp3) is 0.700. The van der Waals surface area contributed by atoms with Gasteiger partial charge in [-0.15, -0.1) is 11.3 Å². The number of rotatable bonds is 7. The number of thiazole rings is 1. The van der Waals surface area contributed by atoms with Crippen LogP contribution < -0.4 is 11.1 Å². The molecule has 1 aromatic rings. The van der Waals surface area contributed by atoms with Crippen molar-refractivity contribution >= 4 is 11.3 Å². The van der Waals surface area contributed by atoms with Crippen LogP contribution in [0.2, 0.25) is 0 Å². The van der Waals surface area contributed by atoms with Crippen molar-refractivity contribution in [3.05, 3.63) is 16.6 Å². The van der Waals surface area contributed by atoms with Gasteiger partial charge >= 0.3 is 0 Å². The molecule has 0 saturated carbocycles. The van der Waals surface area contributed by atoms with Crippen LogP contribution >= 0.6 is 11.3 Å². The second-order valence-electron chi connectivity index (χ2n) is 3.52. The lowest BCUT2D eigenvalue weighted by Crippen LogP contribution is -2.35. The molecule has 0 aliphatic carbocycles. The summed E-state index contributed by atoms with van der Waals surface area (Å²) in [4.78, 5) is 4.28. The summed E-state index contributed by atoms with van der Waals surface area (Å²) in [6, 6.07) is 0. The van der Waals surface area contributed by atoms with Gasteiger partial charge in [0.15, 0.2) is 0 Å². The molecular formula is C10H19N3OS. The number of nitrogens with zero attached hydrogens (tertiary/aromatic N) is 1. The Bertz CT molecular complexity index is 249. The third-order valence-corrected chi connectivity index (χ3v) is 3.30. The molecule has 0 amide bonds. The Morgan fingerprint density at radius 1 is 1.60 bits per heavy atom. The molecule has 3 N–H and O–H groups in total. The van der Waals surface area contributed by atoms with Gasteiger partial charge in [-0.05, 0) is 0 Å². The molecule has 4 nitrogen and oxygen atoms in total. The summed E-state index contributed by atoms with van der Waals surface area (Å²) in [7, 11) is 1.68. The molecule has 0 aromatic carbocycles. The zero-order valence-corrected chi connectivity index (χ0v) is 10.1. The predicted molar refractivity (Wildman–Crippen MR) is 63.3 cm³/mol. The predicted octanol–water partition coefficient (Wildman–Crippen LogP) is 0.810. The summed E-state index contributed by atoms with van der Waals surface area (Å²) in [5.74, 6) is 0.445. The van der Waals surface area contributed by atoms with Gasteiger partial charge in [0.1, 0.15) is 0 Å². The molecule has 2 unspecified atom stereocenters. The van der Waals surface area contributed by atoms with E-state index in [4.69, 9.17) is 10.5 Å². The average Bonchev–Trinajstić information content (AvgIpc) is 2.77. The van der Waals surface area contributed by atoms with Crippen LogP contribution in [0.5, 0.6) is 0 Å². The first-order chi connectivity index (χ1) is 7.27. The average molecular weight is 229 g/mol. The number of methoxy groups -OCH3 is 1. The van der Waals surface area contributed by atoms with Crippen LogP contribution in [0.3, 0.4) is 0 Å². The van der Waals surface area contributed by atoms with Gasteiger partial charge in [-0.2, -0.15) is 0 Å². The minimum absolute atomic E-state index is 0.105. The highest BCUT2D eigenvalue weighted by atomic mass is 32.1. The summed E-state index contributed by atoms with van der Waals surface area (Å²) in [5.41, 5.74) is 5.52. The SMILES string of the molecule is COC(CN)CNCC(C)c1nccs1. The van der Waals surface area contributed by atoms with Crippen molar-refractivity contribution in [2.75, 3.05) is 26.7 Å². The molecule has 1 aromatic heterocycles. The first kappa shape index (κ1) is 12.6. The molecule has 1 rings (SSSR count). The van der Waals surface area contributed by atoms with Crippen molar-refractivity contribution in [3.63, 3.8) is 0 Å². The Balaban J connectivity index is 2.20. The van der Waals surface area contributed by atoms with Gasteiger partial charge in [0.05, 0.1) is 11.1 Å². The van der Waals surface area contributed by atoms with E-state index in [2.05, 4.69) is 17.2 Å². The third kappa shape index (κ3) is 4.25. The van der Waals surface area contributed by atoms with E-state index >= 15 is 0 Å². The van der Waals surface area contributed by atoms with Crippen LogP contribution in [-0.4, -0.2) is 37.8 Å². The highest BCUT2D eigenvalue weighted by molar-refractivity contribution is 7.09. The van der Waals surface area contributed by atoms with Crippen molar-refractivity contribution in [1.82, 2.24) is 10.3 Å². The van der Waals surface area contributed by atoms with Crippen molar-refractivity contribution < 1.29 is 4.74 Å². The topological polar surface area (TPSA) is 60.2 Å². The molecule has 0 saturated heterocycles. The van der Waals surface area contributed by atoms with Crippen LogP contribution in [0.4, 0.5) is 0 Å². The Morgan fingerprint density at radius 2 is 2.40 bits per heavy atom. The van der Waals surface area contributed by atoms with Crippen molar-refractivity contribution in [3.8, 4) is 0 Å². The molecule has 0 fully saturated rings. The molecule has 5 heteroatoms. The van der Waals surface area contributed by atoms with Gasteiger partial charge in [-0.3, -0.25) is 0 Å². The van der Waals surface area contributed by atoms with Crippen LogP contribution in [-0.2, 0) is 4.74 Å². The van der Waals surface area contributed by atoms with Gasteiger partial charge in [0.2, 0.25) is 0 Å². The number of aromatic nitrogens is 1.